The van der Waals surface area contributed by atoms with Gasteiger partial charge in [-0.2, -0.15) is 0 Å². The minimum absolute atomic E-state index is 0.0246. The second-order valence-electron chi connectivity index (χ2n) is 7.97. The van der Waals surface area contributed by atoms with Gasteiger partial charge in [0.2, 0.25) is 0 Å². The zero-order valence-electron chi connectivity index (χ0n) is 18.5. The van der Waals surface area contributed by atoms with Crippen LogP contribution in [0.15, 0.2) is 54.6 Å². The molecular formula is C24H32N4O3. The van der Waals surface area contributed by atoms with Gasteiger partial charge in [0.05, 0.1) is 25.3 Å². The van der Waals surface area contributed by atoms with Crippen molar-refractivity contribution >= 4 is 17.5 Å². The van der Waals surface area contributed by atoms with E-state index in [1.165, 1.54) is 0 Å². The SMILES string of the molecule is C[C@H](NC(=O)C(=O)NC[C@H](c1ccc(N(C)C)cc1)N1CCOCC1)c1ccccc1. The van der Waals surface area contributed by atoms with Crippen LogP contribution in [0.2, 0.25) is 0 Å². The van der Waals surface area contributed by atoms with Gasteiger partial charge in [0.15, 0.2) is 0 Å². The van der Waals surface area contributed by atoms with E-state index in [2.05, 4.69) is 39.8 Å². The normalized spacial score (nSPS) is 16.2. The summed E-state index contributed by atoms with van der Waals surface area (Å²) in [5.74, 6) is -1.24. The third kappa shape index (κ3) is 6.29. The summed E-state index contributed by atoms with van der Waals surface area (Å²) in [5.41, 5.74) is 3.17. The van der Waals surface area contributed by atoms with Crippen LogP contribution >= 0.6 is 0 Å². The van der Waals surface area contributed by atoms with E-state index in [0.29, 0.717) is 19.8 Å². The summed E-state index contributed by atoms with van der Waals surface area (Å²) < 4.78 is 5.49. The molecule has 3 rings (SSSR count). The first kappa shape index (κ1) is 22.8. The summed E-state index contributed by atoms with van der Waals surface area (Å²) in [4.78, 5) is 29.2. The van der Waals surface area contributed by atoms with Crippen molar-refractivity contribution in [3.05, 3.63) is 65.7 Å². The third-order valence-electron chi connectivity index (χ3n) is 5.59. The molecule has 7 nitrogen and oxygen atoms in total. The lowest BCUT2D eigenvalue weighted by Gasteiger charge is -2.35. The fourth-order valence-corrected chi connectivity index (χ4v) is 3.70. The lowest BCUT2D eigenvalue weighted by atomic mass is 10.0. The van der Waals surface area contributed by atoms with E-state index in [1.807, 2.05) is 56.3 Å². The highest BCUT2D eigenvalue weighted by molar-refractivity contribution is 6.35. The summed E-state index contributed by atoms with van der Waals surface area (Å²) in [6.07, 6.45) is 0. The Morgan fingerprint density at radius 2 is 1.61 bits per heavy atom. The fourth-order valence-electron chi connectivity index (χ4n) is 3.70. The van der Waals surface area contributed by atoms with E-state index < -0.39 is 11.8 Å². The maximum absolute atomic E-state index is 12.5. The van der Waals surface area contributed by atoms with Gasteiger partial charge in [-0.3, -0.25) is 14.5 Å². The van der Waals surface area contributed by atoms with E-state index in [0.717, 1.165) is 29.9 Å². The van der Waals surface area contributed by atoms with Crippen molar-refractivity contribution in [2.75, 3.05) is 51.8 Å². The number of rotatable bonds is 7. The molecule has 0 aliphatic carbocycles. The molecule has 0 bridgehead atoms. The second-order valence-corrected chi connectivity index (χ2v) is 7.97. The molecule has 31 heavy (non-hydrogen) atoms. The Hall–Kier alpha value is -2.90. The molecule has 0 unspecified atom stereocenters. The van der Waals surface area contributed by atoms with Crippen molar-refractivity contribution < 1.29 is 14.3 Å². The molecule has 1 aliphatic rings. The standard InChI is InChI=1S/C24H32N4O3/c1-18(19-7-5-4-6-8-19)26-24(30)23(29)25-17-22(28-13-15-31-16-14-28)20-9-11-21(12-10-20)27(2)3/h4-12,18,22H,13-17H2,1-3H3,(H,25,29)(H,26,30)/t18-,22+/m0/s1. The summed E-state index contributed by atoms with van der Waals surface area (Å²) in [6.45, 7) is 5.11. The number of carbonyl (C=O) groups is 2. The van der Waals surface area contributed by atoms with Crippen LogP contribution in [0.4, 0.5) is 5.69 Å². The Balaban J connectivity index is 1.63. The maximum Gasteiger partial charge on any atom is 0.309 e. The number of carbonyl (C=O) groups excluding carboxylic acids is 2. The summed E-state index contributed by atoms with van der Waals surface area (Å²) in [5, 5.41) is 5.60. The van der Waals surface area contributed by atoms with Gasteiger partial charge < -0.3 is 20.3 Å². The fraction of sp³-hybridized carbons (Fsp3) is 0.417. The first-order chi connectivity index (χ1) is 15.0. The summed E-state index contributed by atoms with van der Waals surface area (Å²) in [7, 11) is 4.01. The molecule has 166 valence electrons. The minimum atomic E-state index is -0.625. The average molecular weight is 425 g/mol. The molecular weight excluding hydrogens is 392 g/mol. The van der Waals surface area contributed by atoms with Crippen LogP contribution in [-0.4, -0.2) is 63.7 Å². The third-order valence-corrected chi connectivity index (χ3v) is 5.59. The monoisotopic (exact) mass is 424 g/mol. The van der Waals surface area contributed by atoms with Crippen LogP contribution in [0.5, 0.6) is 0 Å². The van der Waals surface area contributed by atoms with Gasteiger partial charge in [-0.05, 0) is 30.2 Å². The van der Waals surface area contributed by atoms with Crippen LogP contribution in [0.25, 0.3) is 0 Å². The molecule has 1 fully saturated rings. The predicted molar refractivity (Wildman–Crippen MR) is 122 cm³/mol. The molecule has 0 spiro atoms. The first-order valence-corrected chi connectivity index (χ1v) is 10.7. The minimum Gasteiger partial charge on any atom is -0.379 e. The number of morpholine rings is 1. The molecule has 1 aliphatic heterocycles. The summed E-state index contributed by atoms with van der Waals surface area (Å²) >= 11 is 0. The van der Waals surface area contributed by atoms with E-state index in [4.69, 9.17) is 4.74 Å². The molecule has 2 atom stereocenters. The molecule has 2 aromatic rings. The highest BCUT2D eigenvalue weighted by atomic mass is 16.5. The van der Waals surface area contributed by atoms with Crippen LogP contribution in [0.1, 0.15) is 30.1 Å². The van der Waals surface area contributed by atoms with Crippen molar-refractivity contribution in [1.82, 2.24) is 15.5 Å². The van der Waals surface area contributed by atoms with E-state index in [1.54, 1.807) is 0 Å². The smallest absolute Gasteiger partial charge is 0.309 e. The topological polar surface area (TPSA) is 73.9 Å². The number of benzene rings is 2. The second kappa shape index (κ2) is 10.9. The van der Waals surface area contributed by atoms with Crippen molar-refractivity contribution in [2.45, 2.75) is 19.0 Å². The zero-order chi connectivity index (χ0) is 22.2. The molecule has 0 aromatic heterocycles. The van der Waals surface area contributed by atoms with Gasteiger partial charge in [0, 0.05) is 39.4 Å². The van der Waals surface area contributed by atoms with Crippen LogP contribution in [0, 0.1) is 0 Å². The van der Waals surface area contributed by atoms with Crippen molar-refractivity contribution in [3.8, 4) is 0 Å². The molecule has 1 saturated heterocycles. The Labute approximate surface area is 184 Å². The number of nitrogens with one attached hydrogen (secondary N) is 2. The Morgan fingerprint density at radius 1 is 0.968 bits per heavy atom. The molecule has 2 amide bonds. The lowest BCUT2D eigenvalue weighted by molar-refractivity contribution is -0.139. The average Bonchev–Trinajstić information content (AvgIpc) is 2.80. The highest BCUT2D eigenvalue weighted by Gasteiger charge is 2.25. The molecule has 7 heteroatoms. The van der Waals surface area contributed by atoms with Gasteiger partial charge in [-0.15, -0.1) is 0 Å². The largest absolute Gasteiger partial charge is 0.379 e. The number of hydrogen-bond acceptors (Lipinski definition) is 5. The quantitative estimate of drug-likeness (QED) is 0.666. The zero-order valence-corrected chi connectivity index (χ0v) is 18.5. The number of anilines is 1. The number of amides is 2. The Kier molecular flexibility index (Phi) is 8.03. The van der Waals surface area contributed by atoms with Crippen LogP contribution < -0.4 is 15.5 Å². The number of ether oxygens (including phenoxy) is 1. The van der Waals surface area contributed by atoms with E-state index in [-0.39, 0.29) is 12.1 Å². The lowest BCUT2D eigenvalue weighted by Crippen LogP contribution is -2.47. The van der Waals surface area contributed by atoms with Crippen LogP contribution in [0.3, 0.4) is 0 Å². The Morgan fingerprint density at radius 3 is 2.23 bits per heavy atom. The number of nitrogens with zero attached hydrogens (tertiary/aromatic N) is 2. The van der Waals surface area contributed by atoms with Gasteiger partial charge in [0.25, 0.3) is 0 Å². The molecule has 1 heterocycles. The molecule has 2 N–H and O–H groups in total. The first-order valence-electron chi connectivity index (χ1n) is 10.7. The van der Waals surface area contributed by atoms with Gasteiger partial charge in [-0.25, -0.2) is 0 Å². The predicted octanol–water partition coefficient (Wildman–Crippen LogP) is 2.12. The highest BCUT2D eigenvalue weighted by Crippen LogP contribution is 2.24. The number of hydrogen-bond donors (Lipinski definition) is 2. The summed E-state index contributed by atoms with van der Waals surface area (Å²) in [6, 6.07) is 17.6. The van der Waals surface area contributed by atoms with E-state index in [9.17, 15) is 9.59 Å². The van der Waals surface area contributed by atoms with Crippen molar-refractivity contribution in [3.63, 3.8) is 0 Å². The van der Waals surface area contributed by atoms with Crippen molar-refractivity contribution in [2.24, 2.45) is 0 Å². The molecule has 0 radical (unpaired) electrons. The van der Waals surface area contributed by atoms with Crippen molar-refractivity contribution in [1.29, 1.82) is 0 Å². The molecule has 2 aromatic carbocycles. The maximum atomic E-state index is 12.5. The van der Waals surface area contributed by atoms with Gasteiger partial charge in [-0.1, -0.05) is 42.5 Å². The molecule has 0 saturated carbocycles. The van der Waals surface area contributed by atoms with E-state index >= 15 is 0 Å². The van der Waals surface area contributed by atoms with Gasteiger partial charge >= 0.3 is 11.8 Å². The Bertz CT molecular complexity index is 849. The van der Waals surface area contributed by atoms with Crippen LogP contribution in [-0.2, 0) is 14.3 Å². The van der Waals surface area contributed by atoms with Gasteiger partial charge in [0.1, 0.15) is 0 Å².